The van der Waals surface area contributed by atoms with Gasteiger partial charge in [0.1, 0.15) is 10.9 Å². The standard InChI is InChI=1S/C13H12ClN3O3/c1-2-3-20-11-4-9(7-15-8-11)12-5-10(17(18)19)6-13(14)16-12/h4-8H,2-3H2,1H3. The van der Waals surface area contributed by atoms with Crippen LogP contribution in [0, 0.1) is 10.1 Å². The van der Waals surface area contributed by atoms with Crippen molar-refractivity contribution in [3.63, 3.8) is 0 Å². The Kier molecular flexibility index (Phi) is 4.47. The number of nitrogens with zero attached hydrogens (tertiary/aromatic N) is 3. The molecule has 0 N–H and O–H groups in total. The summed E-state index contributed by atoms with van der Waals surface area (Å²) < 4.78 is 5.47. The Morgan fingerprint density at radius 1 is 1.35 bits per heavy atom. The van der Waals surface area contributed by atoms with E-state index in [1.165, 1.54) is 12.1 Å². The van der Waals surface area contributed by atoms with E-state index in [0.29, 0.717) is 23.6 Å². The number of pyridine rings is 2. The van der Waals surface area contributed by atoms with E-state index in [4.69, 9.17) is 16.3 Å². The van der Waals surface area contributed by atoms with Crippen LogP contribution in [0.2, 0.25) is 5.15 Å². The van der Waals surface area contributed by atoms with Gasteiger partial charge >= 0.3 is 0 Å². The third kappa shape index (κ3) is 3.42. The summed E-state index contributed by atoms with van der Waals surface area (Å²) in [5.74, 6) is 0.591. The molecule has 6 nitrogen and oxygen atoms in total. The number of hydrogen-bond acceptors (Lipinski definition) is 5. The molecule has 0 saturated carbocycles. The van der Waals surface area contributed by atoms with Crippen molar-refractivity contribution in [2.75, 3.05) is 6.61 Å². The minimum absolute atomic E-state index is 0.0640. The molecule has 0 atom stereocenters. The Balaban J connectivity index is 2.38. The highest BCUT2D eigenvalue weighted by molar-refractivity contribution is 6.29. The second-order valence-electron chi connectivity index (χ2n) is 4.05. The van der Waals surface area contributed by atoms with E-state index in [-0.39, 0.29) is 10.8 Å². The lowest BCUT2D eigenvalue weighted by Gasteiger charge is -2.06. The van der Waals surface area contributed by atoms with Gasteiger partial charge in [-0.3, -0.25) is 15.1 Å². The first kappa shape index (κ1) is 14.2. The van der Waals surface area contributed by atoms with Crippen molar-refractivity contribution >= 4 is 17.3 Å². The Morgan fingerprint density at radius 3 is 2.85 bits per heavy atom. The molecule has 0 unspecified atom stereocenters. The fourth-order valence-electron chi connectivity index (χ4n) is 1.59. The predicted molar refractivity (Wildman–Crippen MR) is 74.9 cm³/mol. The smallest absolute Gasteiger partial charge is 0.274 e. The molecule has 20 heavy (non-hydrogen) atoms. The third-order valence-corrected chi connectivity index (χ3v) is 2.67. The molecule has 0 spiro atoms. The zero-order valence-electron chi connectivity index (χ0n) is 10.7. The molecule has 0 fully saturated rings. The predicted octanol–water partition coefficient (Wildman–Crippen LogP) is 3.49. The first-order valence-electron chi connectivity index (χ1n) is 6.00. The van der Waals surface area contributed by atoms with Crippen LogP contribution >= 0.6 is 11.6 Å². The highest BCUT2D eigenvalue weighted by atomic mass is 35.5. The maximum atomic E-state index is 10.8. The average molecular weight is 294 g/mol. The molecule has 2 aromatic rings. The van der Waals surface area contributed by atoms with Crippen LogP contribution in [0.4, 0.5) is 5.69 Å². The lowest BCUT2D eigenvalue weighted by Crippen LogP contribution is -1.96. The van der Waals surface area contributed by atoms with Crippen molar-refractivity contribution < 1.29 is 9.66 Å². The fourth-order valence-corrected chi connectivity index (χ4v) is 1.80. The van der Waals surface area contributed by atoms with Gasteiger partial charge in [0.15, 0.2) is 0 Å². The summed E-state index contributed by atoms with van der Waals surface area (Å²) in [6, 6.07) is 4.29. The van der Waals surface area contributed by atoms with Gasteiger partial charge in [0.2, 0.25) is 0 Å². The van der Waals surface area contributed by atoms with E-state index in [2.05, 4.69) is 9.97 Å². The maximum Gasteiger partial charge on any atom is 0.274 e. The highest BCUT2D eigenvalue weighted by Crippen LogP contribution is 2.26. The SMILES string of the molecule is CCCOc1cncc(-c2cc([N+](=O)[O-])cc(Cl)n2)c1. The molecule has 0 aliphatic rings. The van der Waals surface area contributed by atoms with Crippen LogP contribution in [-0.2, 0) is 0 Å². The van der Waals surface area contributed by atoms with E-state index in [9.17, 15) is 10.1 Å². The molecule has 2 rings (SSSR count). The Bertz CT molecular complexity index is 634. The molecule has 0 aromatic carbocycles. The van der Waals surface area contributed by atoms with Crippen molar-refractivity contribution in [1.29, 1.82) is 0 Å². The van der Waals surface area contributed by atoms with E-state index < -0.39 is 4.92 Å². The van der Waals surface area contributed by atoms with Crippen molar-refractivity contribution in [1.82, 2.24) is 9.97 Å². The normalized spacial score (nSPS) is 10.3. The highest BCUT2D eigenvalue weighted by Gasteiger charge is 2.12. The number of nitro groups is 1. The minimum atomic E-state index is -0.512. The number of aromatic nitrogens is 2. The van der Waals surface area contributed by atoms with Crippen LogP contribution < -0.4 is 4.74 Å². The largest absolute Gasteiger partial charge is 0.492 e. The van der Waals surface area contributed by atoms with E-state index in [0.717, 1.165) is 6.42 Å². The summed E-state index contributed by atoms with van der Waals surface area (Å²) in [5, 5.41) is 10.9. The van der Waals surface area contributed by atoms with Crippen LogP contribution in [0.3, 0.4) is 0 Å². The van der Waals surface area contributed by atoms with Crippen LogP contribution in [-0.4, -0.2) is 21.5 Å². The van der Waals surface area contributed by atoms with Gasteiger partial charge in [-0.15, -0.1) is 0 Å². The molecule has 2 heterocycles. The molecular formula is C13H12ClN3O3. The molecule has 7 heteroatoms. The lowest BCUT2D eigenvalue weighted by atomic mass is 10.2. The van der Waals surface area contributed by atoms with Gasteiger partial charge in [-0.25, -0.2) is 4.98 Å². The monoisotopic (exact) mass is 293 g/mol. The summed E-state index contributed by atoms with van der Waals surface area (Å²) >= 11 is 5.80. The molecule has 0 saturated heterocycles. The Hall–Kier alpha value is -2.21. The topological polar surface area (TPSA) is 78.2 Å². The number of rotatable bonds is 5. The van der Waals surface area contributed by atoms with Crippen molar-refractivity contribution in [3.8, 4) is 17.0 Å². The summed E-state index contributed by atoms with van der Waals surface area (Å²) in [7, 11) is 0. The van der Waals surface area contributed by atoms with Gasteiger partial charge in [0.25, 0.3) is 5.69 Å². The van der Waals surface area contributed by atoms with E-state index >= 15 is 0 Å². The minimum Gasteiger partial charge on any atom is -0.492 e. The van der Waals surface area contributed by atoms with Crippen molar-refractivity contribution in [2.24, 2.45) is 0 Å². The number of halogens is 1. The fraction of sp³-hybridized carbons (Fsp3) is 0.231. The lowest BCUT2D eigenvalue weighted by molar-refractivity contribution is -0.384. The van der Waals surface area contributed by atoms with Crippen LogP contribution in [0.5, 0.6) is 5.75 Å². The first-order chi connectivity index (χ1) is 9.60. The molecule has 0 aliphatic heterocycles. The second-order valence-corrected chi connectivity index (χ2v) is 4.44. The summed E-state index contributed by atoms with van der Waals surface area (Å²) in [4.78, 5) is 18.4. The van der Waals surface area contributed by atoms with Gasteiger partial charge in [-0.05, 0) is 12.5 Å². The van der Waals surface area contributed by atoms with E-state index in [1.54, 1.807) is 18.5 Å². The zero-order chi connectivity index (χ0) is 14.5. The Morgan fingerprint density at radius 2 is 2.15 bits per heavy atom. The zero-order valence-corrected chi connectivity index (χ0v) is 11.5. The first-order valence-corrected chi connectivity index (χ1v) is 6.38. The summed E-state index contributed by atoms with van der Waals surface area (Å²) in [6.45, 7) is 2.58. The Labute approximate surface area is 120 Å². The third-order valence-electron chi connectivity index (χ3n) is 2.47. The molecule has 0 aliphatic carbocycles. The van der Waals surface area contributed by atoms with Crippen molar-refractivity contribution in [3.05, 3.63) is 45.9 Å². The second kappa shape index (κ2) is 6.29. The summed E-state index contributed by atoms with van der Waals surface area (Å²) in [6.07, 6.45) is 4.02. The molecule has 104 valence electrons. The molecular weight excluding hydrogens is 282 g/mol. The molecule has 0 amide bonds. The van der Waals surface area contributed by atoms with E-state index in [1.807, 2.05) is 6.92 Å². The maximum absolute atomic E-state index is 10.8. The van der Waals surface area contributed by atoms with Crippen LogP contribution in [0.25, 0.3) is 11.3 Å². The van der Waals surface area contributed by atoms with Crippen LogP contribution in [0.1, 0.15) is 13.3 Å². The van der Waals surface area contributed by atoms with Gasteiger partial charge < -0.3 is 4.74 Å². The van der Waals surface area contributed by atoms with Gasteiger partial charge in [0.05, 0.1) is 29.5 Å². The molecule has 0 radical (unpaired) electrons. The average Bonchev–Trinajstić information content (AvgIpc) is 2.44. The number of hydrogen-bond donors (Lipinski definition) is 0. The quantitative estimate of drug-likeness (QED) is 0.479. The molecule has 2 aromatic heterocycles. The van der Waals surface area contributed by atoms with Crippen LogP contribution in [0.15, 0.2) is 30.6 Å². The number of ether oxygens (including phenoxy) is 1. The van der Waals surface area contributed by atoms with Crippen molar-refractivity contribution in [2.45, 2.75) is 13.3 Å². The molecule has 0 bridgehead atoms. The van der Waals surface area contributed by atoms with Gasteiger partial charge in [-0.2, -0.15) is 0 Å². The van der Waals surface area contributed by atoms with Gasteiger partial charge in [-0.1, -0.05) is 18.5 Å². The van der Waals surface area contributed by atoms with Gasteiger partial charge in [0, 0.05) is 17.8 Å². The summed E-state index contributed by atoms with van der Waals surface area (Å²) in [5.41, 5.74) is 0.891.